The van der Waals surface area contributed by atoms with Crippen LogP contribution in [0.5, 0.6) is 0 Å². The van der Waals surface area contributed by atoms with Crippen LogP contribution in [0.1, 0.15) is 110 Å². The minimum absolute atomic E-state index is 0.345. The Morgan fingerprint density at radius 3 is 1.18 bits per heavy atom. The van der Waals surface area contributed by atoms with Crippen LogP contribution in [0.4, 0.5) is 0 Å². The molecular formula is C18H39NO3. The van der Waals surface area contributed by atoms with Gasteiger partial charge in [0.05, 0.1) is 0 Å². The van der Waals surface area contributed by atoms with Crippen molar-refractivity contribution in [2.75, 3.05) is 0 Å². The van der Waals surface area contributed by atoms with Gasteiger partial charge in [0.25, 0.3) is 0 Å². The van der Waals surface area contributed by atoms with Gasteiger partial charge in [-0.1, -0.05) is 96.8 Å². The number of aliphatic carboxylic acids is 1. The molecule has 4 nitrogen and oxygen atoms in total. The van der Waals surface area contributed by atoms with Gasteiger partial charge in [0.1, 0.15) is 0 Å². The summed E-state index contributed by atoms with van der Waals surface area (Å²) in [6.45, 7) is 2.27. The fraction of sp³-hybridized carbons (Fsp3) is 0.944. The highest BCUT2D eigenvalue weighted by molar-refractivity contribution is 5.66. The Balaban J connectivity index is 0. The van der Waals surface area contributed by atoms with E-state index >= 15 is 0 Å². The zero-order chi connectivity index (χ0) is 16.9. The Morgan fingerprint density at radius 1 is 0.636 bits per heavy atom. The standard InChI is InChI=1S/C18H36O2.H3NO/c1-2-3-4-5-6-7-8-9-10-11-12-13-14-15-16-17-18(19)20;1-2/h2-17H2,1H3,(H,19,20);2H,1H2. The van der Waals surface area contributed by atoms with Crippen LogP contribution >= 0.6 is 0 Å². The SMILES string of the molecule is CCCCCCCCCCCCCCCCCC(=O)O.NO. The van der Waals surface area contributed by atoms with E-state index in [1.807, 2.05) is 0 Å². The molecule has 4 heteroatoms. The topological polar surface area (TPSA) is 83.5 Å². The summed E-state index contributed by atoms with van der Waals surface area (Å²) in [5, 5.41) is 15.0. The van der Waals surface area contributed by atoms with E-state index in [2.05, 4.69) is 12.8 Å². The number of rotatable bonds is 16. The first kappa shape index (κ1) is 23.7. The lowest BCUT2D eigenvalue weighted by molar-refractivity contribution is -0.137. The Morgan fingerprint density at radius 2 is 0.909 bits per heavy atom. The van der Waals surface area contributed by atoms with E-state index in [0.29, 0.717) is 6.42 Å². The molecule has 0 heterocycles. The van der Waals surface area contributed by atoms with Crippen molar-refractivity contribution in [3.8, 4) is 0 Å². The number of carboxylic acids is 1. The molecular weight excluding hydrogens is 278 g/mol. The van der Waals surface area contributed by atoms with Crippen molar-refractivity contribution in [1.29, 1.82) is 0 Å². The monoisotopic (exact) mass is 317 g/mol. The molecule has 0 spiro atoms. The maximum Gasteiger partial charge on any atom is 0.303 e. The molecule has 0 aromatic heterocycles. The highest BCUT2D eigenvalue weighted by Crippen LogP contribution is 2.13. The summed E-state index contributed by atoms with van der Waals surface area (Å²) >= 11 is 0. The first-order chi connectivity index (χ1) is 10.8. The summed E-state index contributed by atoms with van der Waals surface area (Å²) in [5.41, 5.74) is 0. The third-order valence-electron chi connectivity index (χ3n) is 3.99. The lowest BCUT2D eigenvalue weighted by atomic mass is 10.0. The molecule has 0 amide bonds. The second-order valence-electron chi connectivity index (χ2n) is 6.09. The van der Waals surface area contributed by atoms with Crippen LogP contribution in [-0.4, -0.2) is 16.3 Å². The molecule has 0 aliphatic heterocycles. The molecule has 4 N–H and O–H groups in total. The maximum atomic E-state index is 10.3. The van der Waals surface area contributed by atoms with Crippen molar-refractivity contribution in [2.45, 2.75) is 110 Å². The Bertz CT molecular complexity index is 211. The van der Waals surface area contributed by atoms with Crippen LogP contribution in [0.25, 0.3) is 0 Å². The highest BCUT2D eigenvalue weighted by Gasteiger charge is 1.97. The lowest BCUT2D eigenvalue weighted by Gasteiger charge is -2.03. The molecule has 0 aromatic rings. The van der Waals surface area contributed by atoms with E-state index in [1.165, 1.54) is 83.5 Å². The van der Waals surface area contributed by atoms with Gasteiger partial charge in [-0.15, -0.1) is 0 Å². The fourth-order valence-corrected chi connectivity index (χ4v) is 2.65. The second-order valence-corrected chi connectivity index (χ2v) is 6.09. The molecule has 0 radical (unpaired) electrons. The van der Waals surface area contributed by atoms with Gasteiger partial charge >= 0.3 is 5.97 Å². The van der Waals surface area contributed by atoms with Gasteiger partial charge in [0, 0.05) is 6.42 Å². The fourth-order valence-electron chi connectivity index (χ4n) is 2.65. The molecule has 0 fully saturated rings. The van der Waals surface area contributed by atoms with Gasteiger partial charge in [-0.2, -0.15) is 0 Å². The molecule has 0 aliphatic carbocycles. The van der Waals surface area contributed by atoms with E-state index in [0.717, 1.165) is 12.8 Å². The summed E-state index contributed by atoms with van der Waals surface area (Å²) in [5.74, 6) is 2.85. The maximum absolute atomic E-state index is 10.3. The van der Waals surface area contributed by atoms with Gasteiger partial charge in [-0.25, -0.2) is 5.90 Å². The average Bonchev–Trinajstić information content (AvgIpc) is 2.53. The number of nitrogens with two attached hydrogens (primary N) is 1. The smallest absolute Gasteiger partial charge is 0.303 e. The molecule has 0 atom stereocenters. The van der Waals surface area contributed by atoms with Crippen LogP contribution in [0.3, 0.4) is 0 Å². The summed E-state index contributed by atoms with van der Waals surface area (Å²) in [6, 6.07) is 0. The Hall–Kier alpha value is -0.610. The van der Waals surface area contributed by atoms with E-state index in [4.69, 9.17) is 10.3 Å². The molecule has 134 valence electrons. The zero-order valence-electron chi connectivity index (χ0n) is 14.7. The van der Waals surface area contributed by atoms with Crippen molar-refractivity contribution < 1.29 is 15.1 Å². The van der Waals surface area contributed by atoms with Gasteiger partial charge < -0.3 is 10.3 Å². The second kappa shape index (κ2) is 22.7. The van der Waals surface area contributed by atoms with Crippen LogP contribution < -0.4 is 5.90 Å². The quantitative estimate of drug-likeness (QED) is 0.253. The van der Waals surface area contributed by atoms with Gasteiger partial charge in [-0.05, 0) is 6.42 Å². The van der Waals surface area contributed by atoms with Crippen molar-refractivity contribution >= 4 is 5.97 Å². The third-order valence-corrected chi connectivity index (χ3v) is 3.99. The minimum atomic E-state index is -0.653. The molecule has 0 bridgehead atoms. The number of unbranched alkanes of at least 4 members (excludes halogenated alkanes) is 14. The zero-order valence-corrected chi connectivity index (χ0v) is 14.7. The number of carboxylic acid groups (broad SMARTS) is 1. The van der Waals surface area contributed by atoms with E-state index in [9.17, 15) is 4.79 Å². The van der Waals surface area contributed by atoms with Crippen molar-refractivity contribution in [2.24, 2.45) is 5.90 Å². The van der Waals surface area contributed by atoms with E-state index in [-0.39, 0.29) is 0 Å². The first-order valence-corrected chi connectivity index (χ1v) is 9.25. The minimum Gasteiger partial charge on any atom is -0.481 e. The Kier molecular flexibility index (Phi) is 24.4. The van der Waals surface area contributed by atoms with E-state index < -0.39 is 5.97 Å². The molecule has 0 rings (SSSR count). The number of hydrogen-bond donors (Lipinski definition) is 3. The highest BCUT2D eigenvalue weighted by atomic mass is 16.4. The molecule has 0 saturated heterocycles. The largest absolute Gasteiger partial charge is 0.481 e. The van der Waals surface area contributed by atoms with E-state index in [1.54, 1.807) is 0 Å². The van der Waals surface area contributed by atoms with Crippen LogP contribution in [0.15, 0.2) is 0 Å². The van der Waals surface area contributed by atoms with Crippen LogP contribution in [0, 0.1) is 0 Å². The predicted octanol–water partition coefficient (Wildman–Crippen LogP) is 5.67. The van der Waals surface area contributed by atoms with Gasteiger partial charge in [-0.3, -0.25) is 4.79 Å². The summed E-state index contributed by atoms with van der Waals surface area (Å²) in [7, 11) is 0. The first-order valence-electron chi connectivity index (χ1n) is 9.25. The summed E-state index contributed by atoms with van der Waals surface area (Å²) < 4.78 is 0. The number of carbonyl (C=O) groups is 1. The summed E-state index contributed by atoms with van der Waals surface area (Å²) in [4.78, 5) is 10.3. The normalized spacial score (nSPS) is 10.1. The molecule has 0 aliphatic rings. The molecule has 22 heavy (non-hydrogen) atoms. The average molecular weight is 318 g/mol. The van der Waals surface area contributed by atoms with Crippen molar-refractivity contribution in [1.82, 2.24) is 0 Å². The van der Waals surface area contributed by atoms with Crippen LogP contribution in [-0.2, 0) is 4.79 Å². The third kappa shape index (κ3) is 24.4. The van der Waals surface area contributed by atoms with Crippen molar-refractivity contribution in [3.05, 3.63) is 0 Å². The number of hydrogen-bond acceptors (Lipinski definition) is 3. The summed E-state index contributed by atoms with van der Waals surface area (Å²) in [6.07, 6.45) is 20.2. The van der Waals surface area contributed by atoms with Crippen molar-refractivity contribution in [3.63, 3.8) is 0 Å². The predicted molar refractivity (Wildman–Crippen MR) is 93.2 cm³/mol. The van der Waals surface area contributed by atoms with Crippen LogP contribution in [0.2, 0.25) is 0 Å². The van der Waals surface area contributed by atoms with Gasteiger partial charge in [0.2, 0.25) is 0 Å². The molecule has 0 unspecified atom stereocenters. The molecule has 0 saturated carbocycles. The lowest BCUT2D eigenvalue weighted by Crippen LogP contribution is -1.93. The van der Waals surface area contributed by atoms with Gasteiger partial charge in [0.15, 0.2) is 0 Å². The Labute approximate surface area is 137 Å². The molecule has 0 aromatic carbocycles.